The lowest BCUT2D eigenvalue weighted by Gasteiger charge is -2.10. The van der Waals surface area contributed by atoms with E-state index in [-0.39, 0.29) is 10.5 Å². The minimum Gasteiger partial charge on any atom is -0.339 e. The monoisotopic (exact) mass is 374 g/mol. The third kappa shape index (κ3) is 2.96. The van der Waals surface area contributed by atoms with Crippen molar-refractivity contribution in [3.05, 3.63) is 51.2 Å². The average Bonchev–Trinajstić information content (AvgIpc) is 3.16. The average molecular weight is 376 g/mol. The van der Waals surface area contributed by atoms with Gasteiger partial charge in [-0.15, -0.1) is 0 Å². The zero-order valence-corrected chi connectivity index (χ0v) is 13.0. The Bertz CT molecular complexity index is 705. The number of amides is 1. The molecule has 1 heterocycles. The van der Waals surface area contributed by atoms with Crippen LogP contribution in [-0.2, 0) is 0 Å². The summed E-state index contributed by atoms with van der Waals surface area (Å²) in [7, 11) is 0. The van der Waals surface area contributed by atoms with E-state index in [9.17, 15) is 13.6 Å². The number of nitrogens with one attached hydrogen (secondary N) is 1. The summed E-state index contributed by atoms with van der Waals surface area (Å²) in [5.74, 6) is -2.27. The molecule has 0 aliphatic heterocycles. The quantitative estimate of drug-likeness (QED) is 0.824. The Morgan fingerprint density at radius 3 is 2.48 bits per heavy atom. The summed E-state index contributed by atoms with van der Waals surface area (Å²) >= 11 is 8.90. The first-order valence-electron chi connectivity index (χ1n) is 6.29. The highest BCUT2D eigenvalue weighted by Gasteiger charge is 2.28. The van der Waals surface area contributed by atoms with Gasteiger partial charge in [0.25, 0.3) is 5.91 Å². The summed E-state index contributed by atoms with van der Waals surface area (Å²) in [6.45, 7) is 0. The summed E-state index contributed by atoms with van der Waals surface area (Å²) in [4.78, 5) is 12.2. The second-order valence-corrected chi connectivity index (χ2v) is 6.23. The molecule has 3 nitrogen and oxygen atoms in total. The van der Waals surface area contributed by atoms with Crippen LogP contribution in [0, 0.1) is 11.6 Å². The van der Waals surface area contributed by atoms with Crippen LogP contribution in [0.4, 0.5) is 14.5 Å². The number of hydrogen-bond donors (Lipinski definition) is 1. The van der Waals surface area contributed by atoms with Gasteiger partial charge in [0.1, 0.15) is 11.4 Å². The molecule has 1 fully saturated rings. The molecule has 21 heavy (non-hydrogen) atoms. The maximum Gasteiger partial charge on any atom is 0.272 e. The van der Waals surface area contributed by atoms with Gasteiger partial charge in [-0.3, -0.25) is 4.79 Å². The molecule has 0 saturated heterocycles. The lowest BCUT2D eigenvalue weighted by Crippen LogP contribution is -2.18. The van der Waals surface area contributed by atoms with Crippen molar-refractivity contribution in [1.29, 1.82) is 0 Å². The fourth-order valence-electron chi connectivity index (χ4n) is 2.12. The van der Waals surface area contributed by atoms with Crippen molar-refractivity contribution in [1.82, 2.24) is 4.57 Å². The van der Waals surface area contributed by atoms with Crippen LogP contribution in [-0.4, -0.2) is 10.5 Å². The van der Waals surface area contributed by atoms with Crippen molar-refractivity contribution in [3.8, 4) is 0 Å². The Morgan fingerprint density at radius 1 is 1.29 bits per heavy atom. The Morgan fingerprint density at radius 2 is 1.90 bits per heavy atom. The van der Waals surface area contributed by atoms with E-state index in [0.717, 1.165) is 25.0 Å². The predicted octanol–water partition coefficient (Wildman–Crippen LogP) is 4.77. The minimum absolute atomic E-state index is 0.234. The van der Waals surface area contributed by atoms with E-state index in [1.54, 1.807) is 10.8 Å². The number of carbonyl (C=O) groups is 1. The Labute approximate surface area is 133 Å². The van der Waals surface area contributed by atoms with Gasteiger partial charge in [0.05, 0.1) is 5.02 Å². The van der Waals surface area contributed by atoms with E-state index in [1.807, 2.05) is 0 Å². The largest absolute Gasteiger partial charge is 0.339 e. The van der Waals surface area contributed by atoms with Gasteiger partial charge < -0.3 is 9.88 Å². The summed E-state index contributed by atoms with van der Waals surface area (Å²) in [5.41, 5.74) is -0.174. The van der Waals surface area contributed by atoms with Crippen LogP contribution in [0.3, 0.4) is 0 Å². The van der Waals surface area contributed by atoms with E-state index < -0.39 is 23.2 Å². The molecular formula is C14H10BrClF2N2O. The number of halogens is 4. The summed E-state index contributed by atoms with van der Waals surface area (Å²) < 4.78 is 29.5. The van der Waals surface area contributed by atoms with Gasteiger partial charge in [0.2, 0.25) is 0 Å². The van der Waals surface area contributed by atoms with E-state index in [2.05, 4.69) is 21.2 Å². The first-order chi connectivity index (χ1) is 9.95. The highest BCUT2D eigenvalue weighted by Crippen LogP contribution is 2.37. The van der Waals surface area contributed by atoms with Crippen LogP contribution < -0.4 is 5.32 Å². The van der Waals surface area contributed by atoms with Crippen molar-refractivity contribution in [2.45, 2.75) is 18.9 Å². The van der Waals surface area contributed by atoms with Gasteiger partial charge in [0.15, 0.2) is 11.6 Å². The van der Waals surface area contributed by atoms with Crippen LogP contribution in [0.25, 0.3) is 0 Å². The van der Waals surface area contributed by atoms with E-state index in [4.69, 9.17) is 11.6 Å². The topological polar surface area (TPSA) is 34.0 Å². The lowest BCUT2D eigenvalue weighted by atomic mass is 10.2. The first kappa shape index (κ1) is 14.5. The molecule has 1 aromatic carbocycles. The standard InChI is InChI=1S/C14H10BrClF2N2O/c15-7-3-10(17)13(11(18)4-7)19-14(21)12-5-8(16)6-20(12)9-1-2-9/h3-6,9H,1-2H2,(H,19,21). The van der Waals surface area contributed by atoms with Gasteiger partial charge in [-0.1, -0.05) is 27.5 Å². The summed E-state index contributed by atoms with van der Waals surface area (Å²) in [6, 6.07) is 3.90. The second-order valence-electron chi connectivity index (χ2n) is 4.88. The molecule has 0 atom stereocenters. The van der Waals surface area contributed by atoms with Crippen molar-refractivity contribution in [2.75, 3.05) is 5.32 Å². The molecule has 1 aromatic heterocycles. The van der Waals surface area contributed by atoms with Crippen LogP contribution >= 0.6 is 27.5 Å². The summed E-state index contributed by atoms with van der Waals surface area (Å²) in [6.07, 6.45) is 3.58. The van der Waals surface area contributed by atoms with E-state index in [1.165, 1.54) is 6.07 Å². The fourth-order valence-corrected chi connectivity index (χ4v) is 2.73. The number of benzene rings is 1. The van der Waals surface area contributed by atoms with Gasteiger partial charge >= 0.3 is 0 Å². The zero-order valence-electron chi connectivity index (χ0n) is 10.7. The Kier molecular flexibility index (Phi) is 3.75. The molecule has 7 heteroatoms. The molecular weight excluding hydrogens is 366 g/mol. The molecule has 2 aromatic rings. The van der Waals surface area contributed by atoms with Crippen LogP contribution in [0.1, 0.15) is 29.4 Å². The third-order valence-corrected chi connectivity index (χ3v) is 3.90. The first-order valence-corrected chi connectivity index (χ1v) is 7.46. The zero-order chi connectivity index (χ0) is 15.1. The van der Waals surface area contributed by atoms with Gasteiger partial charge in [-0.2, -0.15) is 0 Å². The van der Waals surface area contributed by atoms with E-state index >= 15 is 0 Å². The van der Waals surface area contributed by atoms with Crippen molar-refractivity contribution < 1.29 is 13.6 Å². The van der Waals surface area contributed by atoms with Gasteiger partial charge in [0, 0.05) is 16.7 Å². The highest BCUT2D eigenvalue weighted by atomic mass is 79.9. The number of carbonyl (C=O) groups excluding carboxylic acids is 1. The number of hydrogen-bond acceptors (Lipinski definition) is 1. The van der Waals surface area contributed by atoms with Crippen molar-refractivity contribution >= 4 is 39.1 Å². The maximum atomic E-state index is 13.7. The maximum absolute atomic E-state index is 13.7. The van der Waals surface area contributed by atoms with Gasteiger partial charge in [-0.25, -0.2) is 8.78 Å². The molecule has 1 aliphatic rings. The second kappa shape index (κ2) is 5.42. The van der Waals surface area contributed by atoms with Crippen molar-refractivity contribution in [2.24, 2.45) is 0 Å². The normalized spacial score (nSPS) is 14.3. The molecule has 0 radical (unpaired) electrons. The minimum atomic E-state index is -0.842. The van der Waals surface area contributed by atoms with Gasteiger partial charge in [-0.05, 0) is 31.0 Å². The molecule has 1 aliphatic carbocycles. The van der Waals surface area contributed by atoms with Crippen LogP contribution in [0.5, 0.6) is 0 Å². The molecule has 0 spiro atoms. The summed E-state index contributed by atoms with van der Waals surface area (Å²) in [5, 5.41) is 2.69. The molecule has 1 amide bonds. The predicted molar refractivity (Wildman–Crippen MR) is 79.7 cm³/mol. The molecule has 3 rings (SSSR count). The SMILES string of the molecule is O=C(Nc1c(F)cc(Br)cc1F)c1cc(Cl)cn1C1CC1. The highest BCUT2D eigenvalue weighted by molar-refractivity contribution is 9.10. The molecule has 1 N–H and O–H groups in total. The van der Waals surface area contributed by atoms with E-state index in [0.29, 0.717) is 10.7 Å². The molecule has 110 valence electrons. The number of aromatic nitrogens is 1. The lowest BCUT2D eigenvalue weighted by molar-refractivity contribution is 0.101. The Balaban J connectivity index is 1.90. The molecule has 1 saturated carbocycles. The molecule has 0 unspecified atom stereocenters. The smallest absolute Gasteiger partial charge is 0.272 e. The number of anilines is 1. The Hall–Kier alpha value is -1.40. The third-order valence-electron chi connectivity index (χ3n) is 3.23. The van der Waals surface area contributed by atoms with Crippen LogP contribution in [0.2, 0.25) is 5.02 Å². The molecule has 0 bridgehead atoms. The van der Waals surface area contributed by atoms with Crippen molar-refractivity contribution in [3.63, 3.8) is 0 Å². The fraction of sp³-hybridized carbons (Fsp3) is 0.214. The van der Waals surface area contributed by atoms with Crippen LogP contribution in [0.15, 0.2) is 28.9 Å². The number of rotatable bonds is 3. The number of nitrogens with zero attached hydrogens (tertiary/aromatic N) is 1.